The third-order valence-corrected chi connectivity index (χ3v) is 2.13. The van der Waals surface area contributed by atoms with Crippen LogP contribution in [0.3, 0.4) is 0 Å². The molecule has 0 aliphatic heterocycles. The largest absolute Gasteiger partial charge is 0.507 e. The molecule has 6 heteroatoms. The summed E-state index contributed by atoms with van der Waals surface area (Å²) in [6, 6.07) is 3.17. The van der Waals surface area contributed by atoms with Gasteiger partial charge in [0.2, 0.25) is 0 Å². The number of aromatic hydroxyl groups is 1. The molecule has 1 rings (SSSR count). The van der Waals surface area contributed by atoms with Crippen LogP contribution in [0.4, 0.5) is 13.2 Å². The second-order valence-corrected chi connectivity index (χ2v) is 3.31. The second kappa shape index (κ2) is 4.71. The van der Waals surface area contributed by atoms with Crippen molar-refractivity contribution in [3.05, 3.63) is 29.3 Å². The molecule has 0 saturated heterocycles. The molecular weight excluding hydrogens is 223 g/mol. The van der Waals surface area contributed by atoms with Crippen molar-refractivity contribution in [2.75, 3.05) is 13.6 Å². The molecule has 3 N–H and O–H groups in total. The number of benzene rings is 1. The molecular formula is C10H12F3NO2. The second-order valence-electron chi connectivity index (χ2n) is 3.31. The molecule has 90 valence electrons. The Kier molecular flexibility index (Phi) is 3.77. The minimum atomic E-state index is -4.63. The van der Waals surface area contributed by atoms with Crippen molar-refractivity contribution in [1.82, 2.24) is 5.32 Å². The van der Waals surface area contributed by atoms with Crippen LogP contribution in [0.2, 0.25) is 0 Å². The van der Waals surface area contributed by atoms with E-state index in [-0.39, 0.29) is 12.1 Å². The number of alkyl halides is 3. The smallest absolute Gasteiger partial charge is 0.419 e. The Hall–Kier alpha value is -1.27. The fourth-order valence-electron chi connectivity index (χ4n) is 1.36. The summed E-state index contributed by atoms with van der Waals surface area (Å²) in [5.41, 5.74) is -1.27. The topological polar surface area (TPSA) is 52.5 Å². The first-order chi connectivity index (χ1) is 7.38. The number of halogens is 3. The van der Waals surface area contributed by atoms with Gasteiger partial charge in [-0.15, -0.1) is 0 Å². The predicted molar refractivity (Wildman–Crippen MR) is 52.0 cm³/mol. The van der Waals surface area contributed by atoms with E-state index in [9.17, 15) is 23.4 Å². The van der Waals surface area contributed by atoms with E-state index in [0.29, 0.717) is 0 Å². The van der Waals surface area contributed by atoms with Crippen LogP contribution in [-0.4, -0.2) is 23.8 Å². The lowest BCUT2D eigenvalue weighted by molar-refractivity contribution is -0.138. The summed E-state index contributed by atoms with van der Waals surface area (Å²) < 4.78 is 37.3. The molecule has 0 fully saturated rings. The lowest BCUT2D eigenvalue weighted by atomic mass is 10.0. The van der Waals surface area contributed by atoms with E-state index in [1.165, 1.54) is 6.07 Å². The van der Waals surface area contributed by atoms with Crippen LogP contribution in [0.5, 0.6) is 5.75 Å². The van der Waals surface area contributed by atoms with Crippen LogP contribution in [0, 0.1) is 0 Å². The van der Waals surface area contributed by atoms with Crippen molar-refractivity contribution in [3.63, 3.8) is 0 Å². The zero-order chi connectivity index (χ0) is 12.3. The number of para-hydroxylation sites is 1. The van der Waals surface area contributed by atoms with Crippen LogP contribution >= 0.6 is 0 Å². The summed E-state index contributed by atoms with van der Waals surface area (Å²) >= 11 is 0. The summed E-state index contributed by atoms with van der Waals surface area (Å²) in [4.78, 5) is 0. The van der Waals surface area contributed by atoms with Crippen molar-refractivity contribution in [3.8, 4) is 5.75 Å². The van der Waals surface area contributed by atoms with Gasteiger partial charge in [0.05, 0.1) is 11.7 Å². The fourth-order valence-corrected chi connectivity index (χ4v) is 1.36. The number of hydrogen-bond acceptors (Lipinski definition) is 3. The van der Waals surface area contributed by atoms with E-state index in [2.05, 4.69) is 5.32 Å². The molecule has 0 heterocycles. The molecule has 0 saturated carbocycles. The Bertz CT molecular complexity index is 366. The minimum absolute atomic E-state index is 0.0644. The summed E-state index contributed by atoms with van der Waals surface area (Å²) in [6.07, 6.45) is -5.80. The van der Waals surface area contributed by atoms with Gasteiger partial charge < -0.3 is 15.5 Å². The summed E-state index contributed by atoms with van der Waals surface area (Å²) in [7, 11) is 1.55. The Balaban J connectivity index is 3.14. The Labute approximate surface area is 90.5 Å². The molecule has 0 spiro atoms. The van der Waals surface area contributed by atoms with Gasteiger partial charge in [0, 0.05) is 12.1 Å². The number of rotatable bonds is 3. The quantitative estimate of drug-likeness (QED) is 0.746. The molecule has 0 aliphatic rings. The van der Waals surface area contributed by atoms with Crippen LogP contribution in [0.25, 0.3) is 0 Å². The molecule has 0 amide bonds. The zero-order valence-electron chi connectivity index (χ0n) is 8.54. The maximum absolute atomic E-state index is 12.4. The van der Waals surface area contributed by atoms with E-state index in [0.717, 1.165) is 12.1 Å². The van der Waals surface area contributed by atoms with Crippen molar-refractivity contribution in [2.45, 2.75) is 12.3 Å². The SMILES string of the molecule is CNCC(O)c1cccc(C(F)(F)F)c1O. The molecule has 0 aliphatic carbocycles. The van der Waals surface area contributed by atoms with Crippen LogP contribution in [-0.2, 0) is 6.18 Å². The van der Waals surface area contributed by atoms with Gasteiger partial charge in [-0.25, -0.2) is 0 Å². The third-order valence-electron chi connectivity index (χ3n) is 2.13. The Morgan fingerprint density at radius 3 is 2.50 bits per heavy atom. The summed E-state index contributed by atoms with van der Waals surface area (Å²) in [5.74, 6) is -0.919. The standard InChI is InChI=1S/C10H12F3NO2/c1-14-5-8(15)6-3-2-4-7(9(6)16)10(11,12)13/h2-4,8,14-16H,5H2,1H3. The third kappa shape index (κ3) is 2.65. The molecule has 1 unspecified atom stereocenters. The lowest BCUT2D eigenvalue weighted by Gasteiger charge is -2.16. The highest BCUT2D eigenvalue weighted by Gasteiger charge is 2.35. The molecule has 1 aromatic rings. The first kappa shape index (κ1) is 12.8. The Morgan fingerprint density at radius 1 is 1.38 bits per heavy atom. The van der Waals surface area contributed by atoms with Crippen LogP contribution in [0.15, 0.2) is 18.2 Å². The van der Waals surface area contributed by atoms with Gasteiger partial charge in [0.1, 0.15) is 5.75 Å². The van der Waals surface area contributed by atoms with Gasteiger partial charge in [-0.2, -0.15) is 13.2 Å². The minimum Gasteiger partial charge on any atom is -0.507 e. The predicted octanol–water partition coefficient (Wildman–Crippen LogP) is 1.66. The van der Waals surface area contributed by atoms with Gasteiger partial charge in [0.25, 0.3) is 0 Å². The number of nitrogens with one attached hydrogen (secondary N) is 1. The molecule has 0 aromatic heterocycles. The number of aliphatic hydroxyl groups excluding tert-OH is 1. The molecule has 3 nitrogen and oxygen atoms in total. The van der Waals surface area contributed by atoms with Crippen LogP contribution in [0.1, 0.15) is 17.2 Å². The number of aliphatic hydroxyl groups is 1. The van der Waals surface area contributed by atoms with Crippen molar-refractivity contribution in [2.24, 2.45) is 0 Å². The van der Waals surface area contributed by atoms with Gasteiger partial charge in [-0.3, -0.25) is 0 Å². The molecule has 1 atom stereocenters. The molecule has 1 aromatic carbocycles. The van der Waals surface area contributed by atoms with E-state index >= 15 is 0 Å². The van der Waals surface area contributed by atoms with E-state index in [1.807, 2.05) is 0 Å². The van der Waals surface area contributed by atoms with Crippen molar-refractivity contribution in [1.29, 1.82) is 0 Å². The van der Waals surface area contributed by atoms with Gasteiger partial charge in [-0.1, -0.05) is 12.1 Å². The number of hydrogen-bond donors (Lipinski definition) is 3. The zero-order valence-corrected chi connectivity index (χ0v) is 8.54. The molecule has 0 radical (unpaired) electrons. The molecule has 0 bridgehead atoms. The van der Waals surface area contributed by atoms with Gasteiger partial charge >= 0.3 is 6.18 Å². The van der Waals surface area contributed by atoms with Crippen molar-refractivity contribution >= 4 is 0 Å². The van der Waals surface area contributed by atoms with Crippen molar-refractivity contribution < 1.29 is 23.4 Å². The summed E-state index contributed by atoms with van der Waals surface area (Å²) in [5, 5.41) is 21.5. The highest BCUT2D eigenvalue weighted by atomic mass is 19.4. The average Bonchev–Trinajstić information content (AvgIpc) is 2.16. The maximum atomic E-state index is 12.4. The number of likely N-dealkylation sites (N-methyl/N-ethyl adjacent to an activating group) is 1. The van der Waals surface area contributed by atoms with E-state index in [4.69, 9.17) is 0 Å². The number of phenols is 1. The average molecular weight is 235 g/mol. The molecule has 16 heavy (non-hydrogen) atoms. The summed E-state index contributed by atoms with van der Waals surface area (Å²) in [6.45, 7) is 0.0644. The Morgan fingerprint density at radius 2 is 2.00 bits per heavy atom. The van der Waals surface area contributed by atoms with Gasteiger partial charge in [-0.05, 0) is 13.1 Å². The first-order valence-corrected chi connectivity index (χ1v) is 4.59. The highest BCUT2D eigenvalue weighted by molar-refractivity contribution is 5.43. The van der Waals surface area contributed by atoms with E-state index < -0.39 is 23.6 Å². The van der Waals surface area contributed by atoms with Gasteiger partial charge in [0.15, 0.2) is 0 Å². The lowest BCUT2D eigenvalue weighted by Crippen LogP contribution is -2.17. The normalized spacial score (nSPS) is 13.8. The maximum Gasteiger partial charge on any atom is 0.419 e. The first-order valence-electron chi connectivity index (χ1n) is 4.59. The monoisotopic (exact) mass is 235 g/mol. The number of phenolic OH excluding ortho intramolecular Hbond substituents is 1. The van der Waals surface area contributed by atoms with E-state index in [1.54, 1.807) is 7.05 Å². The fraction of sp³-hybridized carbons (Fsp3) is 0.400. The van der Waals surface area contributed by atoms with Crippen LogP contribution < -0.4 is 5.32 Å². The highest BCUT2D eigenvalue weighted by Crippen LogP contribution is 2.38.